The van der Waals surface area contributed by atoms with Gasteiger partial charge in [-0.15, -0.1) is 22.7 Å². The molecule has 0 radical (unpaired) electrons. The maximum absolute atomic E-state index is 2.38. The van der Waals surface area contributed by atoms with E-state index < -0.39 is 0 Å². The molecule has 11 rings (SSSR count). The lowest BCUT2D eigenvalue weighted by Gasteiger charge is -2.27. The summed E-state index contributed by atoms with van der Waals surface area (Å²) in [6, 6.07) is 79.3. The van der Waals surface area contributed by atoms with Crippen LogP contribution in [0.4, 0.5) is 34.1 Å². The lowest BCUT2D eigenvalue weighted by molar-refractivity contribution is 1.28. The van der Waals surface area contributed by atoms with Gasteiger partial charge in [-0.3, -0.25) is 0 Å². The predicted molar refractivity (Wildman–Crippen MR) is 252 cm³/mol. The molecule has 58 heavy (non-hydrogen) atoms. The van der Waals surface area contributed by atoms with E-state index in [1.165, 1.54) is 62.6 Å². The van der Waals surface area contributed by atoms with Crippen molar-refractivity contribution < 1.29 is 0 Å². The van der Waals surface area contributed by atoms with E-state index in [1.807, 2.05) is 22.7 Å². The van der Waals surface area contributed by atoms with Gasteiger partial charge in [-0.25, -0.2) is 0 Å². The molecule has 2 heterocycles. The summed E-state index contributed by atoms with van der Waals surface area (Å²) in [5.41, 5.74) is 11.5. The zero-order chi connectivity index (χ0) is 38.4. The SMILES string of the molecule is c1ccc(N(c2ccc(-c3ccc4sc5ccccc5c4c3)cc2)c2cccc(-c3cc(N(c4ccccc4)c4ccccc4)cc4c3sc3ccccc34)c2)cc1. The second-order valence-electron chi connectivity index (χ2n) is 14.6. The third kappa shape index (κ3) is 6.11. The first kappa shape index (κ1) is 34.3. The van der Waals surface area contributed by atoms with Crippen molar-refractivity contribution in [3.63, 3.8) is 0 Å². The quantitative estimate of drug-likeness (QED) is 0.152. The summed E-state index contributed by atoms with van der Waals surface area (Å²) in [7, 11) is 0. The molecule has 4 heteroatoms. The topological polar surface area (TPSA) is 6.48 Å². The van der Waals surface area contributed by atoms with Gasteiger partial charge in [-0.1, -0.05) is 121 Å². The molecule has 0 aliphatic carbocycles. The van der Waals surface area contributed by atoms with Crippen LogP contribution in [0.2, 0.25) is 0 Å². The van der Waals surface area contributed by atoms with E-state index in [0.717, 1.165) is 34.1 Å². The van der Waals surface area contributed by atoms with Crippen LogP contribution in [-0.4, -0.2) is 0 Å². The third-order valence-electron chi connectivity index (χ3n) is 11.0. The van der Waals surface area contributed by atoms with Crippen molar-refractivity contribution in [2.45, 2.75) is 0 Å². The molecule has 0 unspecified atom stereocenters. The first-order valence-corrected chi connectivity index (χ1v) is 21.2. The van der Waals surface area contributed by atoms with E-state index in [1.54, 1.807) is 0 Å². The van der Waals surface area contributed by atoms with Crippen molar-refractivity contribution in [1.82, 2.24) is 0 Å². The number of para-hydroxylation sites is 3. The Balaban J connectivity index is 1.05. The predicted octanol–water partition coefficient (Wildman–Crippen LogP) is 16.7. The highest BCUT2D eigenvalue weighted by Crippen LogP contribution is 2.47. The van der Waals surface area contributed by atoms with E-state index in [2.05, 4.69) is 228 Å². The second-order valence-corrected chi connectivity index (χ2v) is 16.7. The Bertz CT molecular complexity index is 3180. The monoisotopic (exact) mass is 776 g/mol. The van der Waals surface area contributed by atoms with E-state index in [9.17, 15) is 0 Å². The van der Waals surface area contributed by atoms with Gasteiger partial charge in [0.1, 0.15) is 0 Å². The standard InChI is InChI=1S/C54H36N2S2/c1-4-16-40(17-5-1)55(43-30-27-37(28-31-43)38-29-32-53-49(34-38)46-23-10-12-25-51(46)57-53)44-22-14-15-39(33-44)48-35-45(36-50-47-24-11-13-26-52(47)58-54(48)50)56(41-18-6-2-7-19-41)42-20-8-3-9-21-42/h1-36H. The second kappa shape index (κ2) is 14.5. The van der Waals surface area contributed by atoms with Gasteiger partial charge in [0.05, 0.1) is 0 Å². The Morgan fingerprint density at radius 2 is 0.759 bits per heavy atom. The number of benzene rings is 9. The minimum atomic E-state index is 1.10. The maximum Gasteiger partial charge on any atom is 0.0475 e. The first-order chi connectivity index (χ1) is 28.7. The average molecular weight is 777 g/mol. The molecule has 0 amide bonds. The number of nitrogens with zero attached hydrogens (tertiary/aromatic N) is 2. The molecular weight excluding hydrogens is 741 g/mol. The summed E-state index contributed by atoms with van der Waals surface area (Å²) >= 11 is 3.73. The summed E-state index contributed by atoms with van der Waals surface area (Å²) in [4.78, 5) is 4.74. The molecule has 274 valence electrons. The molecule has 0 N–H and O–H groups in total. The normalized spacial score (nSPS) is 11.4. The summed E-state index contributed by atoms with van der Waals surface area (Å²) in [5, 5.41) is 5.18. The fourth-order valence-electron chi connectivity index (χ4n) is 8.30. The zero-order valence-corrected chi connectivity index (χ0v) is 33.1. The van der Waals surface area contributed by atoms with Crippen LogP contribution in [0.1, 0.15) is 0 Å². The Kier molecular flexibility index (Phi) is 8.58. The molecule has 9 aromatic carbocycles. The van der Waals surface area contributed by atoms with Gasteiger partial charge < -0.3 is 9.80 Å². The van der Waals surface area contributed by atoms with Crippen molar-refractivity contribution in [1.29, 1.82) is 0 Å². The highest BCUT2D eigenvalue weighted by Gasteiger charge is 2.20. The fraction of sp³-hybridized carbons (Fsp3) is 0. The van der Waals surface area contributed by atoms with Crippen LogP contribution >= 0.6 is 22.7 Å². The molecule has 0 fully saturated rings. The van der Waals surface area contributed by atoms with Crippen LogP contribution in [0.5, 0.6) is 0 Å². The molecule has 11 aromatic rings. The number of rotatable bonds is 8. The molecular formula is C54H36N2S2. The van der Waals surface area contributed by atoms with Gasteiger partial charge in [0.25, 0.3) is 0 Å². The summed E-state index contributed by atoms with van der Waals surface area (Å²) in [5.74, 6) is 0. The molecule has 2 nitrogen and oxygen atoms in total. The van der Waals surface area contributed by atoms with Gasteiger partial charge in [-0.2, -0.15) is 0 Å². The van der Waals surface area contributed by atoms with Crippen molar-refractivity contribution >= 4 is 97.1 Å². The number of hydrogen-bond acceptors (Lipinski definition) is 4. The maximum atomic E-state index is 2.38. The van der Waals surface area contributed by atoms with Gasteiger partial charge in [-0.05, 0) is 114 Å². The molecule has 0 aliphatic heterocycles. The van der Waals surface area contributed by atoms with Crippen molar-refractivity contribution in [2.75, 3.05) is 9.80 Å². The molecule has 0 saturated heterocycles. The lowest BCUT2D eigenvalue weighted by Crippen LogP contribution is -2.10. The van der Waals surface area contributed by atoms with Crippen molar-refractivity contribution in [3.8, 4) is 22.3 Å². The number of thiophene rings is 2. The highest BCUT2D eigenvalue weighted by molar-refractivity contribution is 7.26. The smallest absolute Gasteiger partial charge is 0.0475 e. The minimum absolute atomic E-state index is 1.10. The summed E-state index contributed by atoms with van der Waals surface area (Å²) < 4.78 is 5.22. The van der Waals surface area contributed by atoms with E-state index in [-0.39, 0.29) is 0 Å². The summed E-state index contributed by atoms with van der Waals surface area (Å²) in [6.07, 6.45) is 0. The first-order valence-electron chi connectivity index (χ1n) is 19.6. The molecule has 2 aromatic heterocycles. The largest absolute Gasteiger partial charge is 0.310 e. The molecule has 0 bridgehead atoms. The third-order valence-corrected chi connectivity index (χ3v) is 13.4. The number of anilines is 6. The Labute approximate surface area is 345 Å². The van der Waals surface area contributed by atoms with Gasteiger partial charge in [0, 0.05) is 80.0 Å². The average Bonchev–Trinajstić information content (AvgIpc) is 3.86. The number of fused-ring (bicyclic) bond motifs is 6. The lowest BCUT2D eigenvalue weighted by atomic mass is 9.99. The van der Waals surface area contributed by atoms with Gasteiger partial charge in [0.2, 0.25) is 0 Å². The molecule has 0 spiro atoms. The van der Waals surface area contributed by atoms with Crippen LogP contribution in [0, 0.1) is 0 Å². The Morgan fingerprint density at radius 1 is 0.259 bits per heavy atom. The van der Waals surface area contributed by atoms with Crippen LogP contribution in [-0.2, 0) is 0 Å². The fourth-order valence-corrected chi connectivity index (χ4v) is 10.6. The van der Waals surface area contributed by atoms with E-state index >= 15 is 0 Å². The zero-order valence-electron chi connectivity index (χ0n) is 31.5. The summed E-state index contributed by atoms with van der Waals surface area (Å²) in [6.45, 7) is 0. The highest BCUT2D eigenvalue weighted by atomic mass is 32.1. The Morgan fingerprint density at radius 3 is 1.41 bits per heavy atom. The van der Waals surface area contributed by atoms with Crippen LogP contribution in [0.3, 0.4) is 0 Å². The van der Waals surface area contributed by atoms with E-state index in [0.29, 0.717) is 0 Å². The van der Waals surface area contributed by atoms with Crippen molar-refractivity contribution in [3.05, 3.63) is 218 Å². The Hall–Kier alpha value is -6.98. The van der Waals surface area contributed by atoms with Gasteiger partial charge in [0.15, 0.2) is 0 Å². The molecule has 0 atom stereocenters. The van der Waals surface area contributed by atoms with Gasteiger partial charge >= 0.3 is 0 Å². The van der Waals surface area contributed by atoms with Crippen LogP contribution < -0.4 is 9.80 Å². The van der Waals surface area contributed by atoms with Crippen LogP contribution in [0.25, 0.3) is 62.6 Å². The van der Waals surface area contributed by atoms with Crippen LogP contribution in [0.15, 0.2) is 218 Å². The van der Waals surface area contributed by atoms with E-state index in [4.69, 9.17) is 0 Å². The minimum Gasteiger partial charge on any atom is -0.310 e. The molecule has 0 saturated carbocycles. The van der Waals surface area contributed by atoms with Crippen molar-refractivity contribution in [2.24, 2.45) is 0 Å². The number of hydrogen-bond donors (Lipinski definition) is 0. The molecule has 0 aliphatic rings.